The van der Waals surface area contributed by atoms with E-state index < -0.39 is 17.6 Å². The third-order valence-corrected chi connectivity index (χ3v) is 3.96. The first kappa shape index (κ1) is 18.3. The SMILES string of the molecule is CCc1ccccc1NC(=O)c1cccc(C(=O)Nc2ccc(F)cc2)n1. The highest BCUT2D eigenvalue weighted by Gasteiger charge is 2.14. The Kier molecular flexibility index (Phi) is 5.56. The number of hydrogen-bond acceptors (Lipinski definition) is 3. The Balaban J connectivity index is 1.75. The van der Waals surface area contributed by atoms with Crippen LogP contribution in [-0.2, 0) is 6.42 Å². The first-order valence-electron chi connectivity index (χ1n) is 8.50. The quantitative estimate of drug-likeness (QED) is 0.710. The molecule has 136 valence electrons. The van der Waals surface area contributed by atoms with Crippen LogP contribution in [0.4, 0.5) is 15.8 Å². The zero-order chi connectivity index (χ0) is 19.2. The highest BCUT2D eigenvalue weighted by atomic mass is 19.1. The molecule has 1 aromatic heterocycles. The van der Waals surface area contributed by atoms with Gasteiger partial charge >= 0.3 is 0 Å². The summed E-state index contributed by atoms with van der Waals surface area (Å²) in [6.45, 7) is 2.00. The minimum Gasteiger partial charge on any atom is -0.321 e. The maximum atomic E-state index is 13.0. The lowest BCUT2D eigenvalue weighted by molar-refractivity contribution is 0.101. The number of benzene rings is 2. The van der Waals surface area contributed by atoms with Crippen molar-refractivity contribution >= 4 is 23.2 Å². The van der Waals surface area contributed by atoms with Crippen LogP contribution in [0.2, 0.25) is 0 Å². The summed E-state index contributed by atoms with van der Waals surface area (Å²) >= 11 is 0. The maximum absolute atomic E-state index is 13.0. The predicted octanol–water partition coefficient (Wildman–Crippen LogP) is 4.29. The van der Waals surface area contributed by atoms with Gasteiger partial charge in [0.15, 0.2) is 0 Å². The number of carbonyl (C=O) groups is 2. The fraction of sp³-hybridized carbons (Fsp3) is 0.0952. The van der Waals surface area contributed by atoms with Crippen molar-refractivity contribution < 1.29 is 14.0 Å². The molecule has 2 N–H and O–H groups in total. The molecule has 6 heteroatoms. The molecule has 0 bridgehead atoms. The molecule has 0 radical (unpaired) electrons. The van der Waals surface area contributed by atoms with Crippen LogP contribution in [0.15, 0.2) is 66.7 Å². The Morgan fingerprint density at radius 2 is 1.48 bits per heavy atom. The first-order valence-corrected chi connectivity index (χ1v) is 8.50. The van der Waals surface area contributed by atoms with E-state index in [0.717, 1.165) is 12.0 Å². The molecule has 0 atom stereocenters. The number of pyridine rings is 1. The van der Waals surface area contributed by atoms with Gasteiger partial charge in [0.2, 0.25) is 0 Å². The standard InChI is InChI=1S/C21H18FN3O2/c1-2-14-6-3-4-7-17(14)25-21(27)19-9-5-8-18(24-19)20(26)23-16-12-10-15(22)11-13-16/h3-13H,2H2,1H3,(H,23,26)(H,25,27). The monoisotopic (exact) mass is 363 g/mol. The molecule has 0 aliphatic rings. The van der Waals surface area contributed by atoms with Gasteiger partial charge in [-0.15, -0.1) is 0 Å². The van der Waals surface area contributed by atoms with E-state index >= 15 is 0 Å². The van der Waals surface area contributed by atoms with E-state index in [2.05, 4.69) is 15.6 Å². The number of aryl methyl sites for hydroxylation is 1. The third-order valence-electron chi connectivity index (χ3n) is 3.96. The van der Waals surface area contributed by atoms with Crippen LogP contribution >= 0.6 is 0 Å². The Morgan fingerprint density at radius 1 is 0.852 bits per heavy atom. The fourth-order valence-corrected chi connectivity index (χ4v) is 2.55. The van der Waals surface area contributed by atoms with E-state index in [4.69, 9.17) is 0 Å². The zero-order valence-electron chi connectivity index (χ0n) is 14.7. The molecule has 3 aromatic rings. The average molecular weight is 363 g/mol. The number of nitrogens with zero attached hydrogens (tertiary/aromatic N) is 1. The lowest BCUT2D eigenvalue weighted by Gasteiger charge is -2.10. The molecule has 27 heavy (non-hydrogen) atoms. The van der Waals surface area contributed by atoms with E-state index in [1.54, 1.807) is 12.1 Å². The molecular weight excluding hydrogens is 345 g/mol. The number of carbonyl (C=O) groups excluding carboxylic acids is 2. The summed E-state index contributed by atoms with van der Waals surface area (Å²) in [5.41, 5.74) is 2.39. The van der Waals surface area contributed by atoms with Gasteiger partial charge in [0.25, 0.3) is 11.8 Å². The normalized spacial score (nSPS) is 10.3. The Morgan fingerprint density at radius 3 is 2.15 bits per heavy atom. The van der Waals surface area contributed by atoms with E-state index in [1.165, 1.54) is 30.3 Å². The van der Waals surface area contributed by atoms with Gasteiger partial charge in [-0.25, -0.2) is 9.37 Å². The van der Waals surface area contributed by atoms with Gasteiger partial charge in [-0.3, -0.25) is 9.59 Å². The summed E-state index contributed by atoms with van der Waals surface area (Å²) in [4.78, 5) is 29.0. The first-order chi connectivity index (χ1) is 13.1. The number of aromatic nitrogens is 1. The number of hydrogen-bond donors (Lipinski definition) is 2. The Labute approximate surface area is 156 Å². The Bertz CT molecular complexity index is 971. The second-order valence-electron chi connectivity index (χ2n) is 5.83. The number of halogens is 1. The van der Waals surface area contributed by atoms with E-state index in [9.17, 15) is 14.0 Å². The van der Waals surface area contributed by atoms with Crippen molar-refractivity contribution in [3.05, 3.63) is 89.5 Å². The third kappa shape index (κ3) is 4.55. The summed E-state index contributed by atoms with van der Waals surface area (Å²) in [7, 11) is 0. The van der Waals surface area contributed by atoms with Crippen LogP contribution < -0.4 is 10.6 Å². The molecule has 0 unspecified atom stereocenters. The summed E-state index contributed by atoms with van der Waals surface area (Å²) in [5, 5.41) is 5.44. The van der Waals surface area contributed by atoms with Crippen molar-refractivity contribution in [2.24, 2.45) is 0 Å². The molecule has 0 fully saturated rings. The molecule has 1 heterocycles. The molecule has 3 rings (SSSR count). The van der Waals surface area contributed by atoms with E-state index in [1.807, 2.05) is 31.2 Å². The second-order valence-corrected chi connectivity index (χ2v) is 5.83. The molecule has 0 aliphatic carbocycles. The molecule has 2 aromatic carbocycles. The lowest BCUT2D eigenvalue weighted by atomic mass is 10.1. The minimum absolute atomic E-state index is 0.0933. The van der Waals surface area contributed by atoms with E-state index in [0.29, 0.717) is 11.4 Å². The van der Waals surface area contributed by atoms with Crippen LogP contribution in [0.1, 0.15) is 33.5 Å². The Hall–Kier alpha value is -3.54. The van der Waals surface area contributed by atoms with Crippen molar-refractivity contribution in [1.82, 2.24) is 4.98 Å². The van der Waals surface area contributed by atoms with Gasteiger partial charge in [-0.2, -0.15) is 0 Å². The van der Waals surface area contributed by atoms with Crippen molar-refractivity contribution in [2.75, 3.05) is 10.6 Å². The van der Waals surface area contributed by atoms with Gasteiger partial charge in [0.1, 0.15) is 17.2 Å². The highest BCUT2D eigenvalue weighted by molar-refractivity contribution is 6.06. The fourth-order valence-electron chi connectivity index (χ4n) is 2.55. The number of para-hydroxylation sites is 1. The smallest absolute Gasteiger partial charge is 0.274 e. The summed E-state index contributed by atoms with van der Waals surface area (Å²) < 4.78 is 13.0. The molecule has 5 nitrogen and oxygen atoms in total. The summed E-state index contributed by atoms with van der Waals surface area (Å²) in [6.07, 6.45) is 0.782. The van der Waals surface area contributed by atoms with Crippen LogP contribution in [0, 0.1) is 5.82 Å². The van der Waals surface area contributed by atoms with Gasteiger partial charge in [-0.05, 0) is 54.4 Å². The maximum Gasteiger partial charge on any atom is 0.274 e. The van der Waals surface area contributed by atoms with Crippen LogP contribution in [0.5, 0.6) is 0 Å². The van der Waals surface area contributed by atoms with Crippen molar-refractivity contribution in [3.63, 3.8) is 0 Å². The second kappa shape index (κ2) is 8.23. The molecule has 0 saturated heterocycles. The average Bonchev–Trinajstić information content (AvgIpc) is 2.70. The van der Waals surface area contributed by atoms with Crippen molar-refractivity contribution in [1.29, 1.82) is 0 Å². The van der Waals surface area contributed by atoms with Crippen LogP contribution in [-0.4, -0.2) is 16.8 Å². The number of rotatable bonds is 5. The summed E-state index contributed by atoms with van der Waals surface area (Å²) in [5.74, 6) is -1.27. The molecule has 2 amide bonds. The van der Waals surface area contributed by atoms with Gasteiger partial charge in [0, 0.05) is 11.4 Å². The van der Waals surface area contributed by atoms with E-state index in [-0.39, 0.29) is 11.4 Å². The van der Waals surface area contributed by atoms with Crippen molar-refractivity contribution in [3.8, 4) is 0 Å². The number of anilines is 2. The van der Waals surface area contributed by atoms with Crippen molar-refractivity contribution in [2.45, 2.75) is 13.3 Å². The molecule has 0 saturated carbocycles. The lowest BCUT2D eigenvalue weighted by Crippen LogP contribution is -2.19. The highest BCUT2D eigenvalue weighted by Crippen LogP contribution is 2.16. The zero-order valence-corrected chi connectivity index (χ0v) is 14.7. The van der Waals surface area contributed by atoms with Crippen LogP contribution in [0.25, 0.3) is 0 Å². The molecule has 0 aliphatic heterocycles. The largest absolute Gasteiger partial charge is 0.321 e. The molecule has 0 spiro atoms. The molecular formula is C21H18FN3O2. The number of amides is 2. The minimum atomic E-state index is -0.481. The predicted molar refractivity (Wildman–Crippen MR) is 102 cm³/mol. The summed E-state index contributed by atoms with van der Waals surface area (Å²) in [6, 6.07) is 17.5. The van der Waals surface area contributed by atoms with Crippen LogP contribution in [0.3, 0.4) is 0 Å². The number of nitrogens with one attached hydrogen (secondary N) is 2. The van der Waals surface area contributed by atoms with Gasteiger partial charge < -0.3 is 10.6 Å². The van der Waals surface area contributed by atoms with Gasteiger partial charge in [-0.1, -0.05) is 31.2 Å². The van der Waals surface area contributed by atoms with Gasteiger partial charge in [0.05, 0.1) is 0 Å². The topological polar surface area (TPSA) is 71.1 Å².